The lowest BCUT2D eigenvalue weighted by Crippen LogP contribution is -2.01. The first-order valence-corrected chi connectivity index (χ1v) is 6.26. The third-order valence-electron chi connectivity index (χ3n) is 2.93. The quantitative estimate of drug-likeness (QED) is 0.785. The normalized spacial score (nSPS) is 10.1. The van der Waals surface area contributed by atoms with Crippen molar-refractivity contribution in [3.8, 4) is 23.0 Å². The molecule has 0 amide bonds. The highest BCUT2D eigenvalue weighted by atomic mass is 19.1. The highest BCUT2D eigenvalue weighted by Gasteiger charge is 2.19. The first kappa shape index (κ1) is 14.8. The number of hydrogen-bond acceptors (Lipinski definition) is 4. The van der Waals surface area contributed by atoms with Gasteiger partial charge in [0.15, 0.2) is 28.8 Å². The second kappa shape index (κ2) is 6.26. The number of halogens is 1. The van der Waals surface area contributed by atoms with Crippen LogP contribution in [-0.2, 0) is 0 Å². The molecule has 0 aromatic heterocycles. The number of methoxy groups -OCH3 is 2. The van der Waals surface area contributed by atoms with E-state index in [4.69, 9.17) is 14.2 Å². The topological polar surface area (TPSA) is 44.8 Å². The molecule has 5 heteroatoms. The zero-order chi connectivity index (χ0) is 15.4. The fraction of sp³-hybridized carbons (Fsp3) is 0.188. The second-order valence-electron chi connectivity index (χ2n) is 4.27. The summed E-state index contributed by atoms with van der Waals surface area (Å²) in [5.74, 6) is -0.0869. The van der Waals surface area contributed by atoms with Crippen molar-refractivity contribution in [2.75, 3.05) is 14.2 Å². The number of carbonyl (C=O) groups is 1. The van der Waals surface area contributed by atoms with Crippen LogP contribution >= 0.6 is 0 Å². The van der Waals surface area contributed by atoms with Crippen molar-refractivity contribution < 1.29 is 23.4 Å². The van der Waals surface area contributed by atoms with Gasteiger partial charge in [-0.05, 0) is 31.2 Å². The number of para-hydroxylation sites is 2. The minimum atomic E-state index is -0.629. The highest BCUT2D eigenvalue weighted by Crippen LogP contribution is 2.41. The molecule has 2 rings (SSSR count). The van der Waals surface area contributed by atoms with Crippen molar-refractivity contribution in [3.05, 3.63) is 47.8 Å². The number of Topliss-reactive ketones (excluding diaryl/α,β-unsaturated/α-hetero) is 1. The fourth-order valence-electron chi connectivity index (χ4n) is 1.91. The molecule has 0 bridgehead atoms. The molecule has 0 aliphatic rings. The van der Waals surface area contributed by atoms with E-state index in [0.29, 0.717) is 11.5 Å². The van der Waals surface area contributed by atoms with Crippen LogP contribution in [0.15, 0.2) is 36.4 Å². The van der Waals surface area contributed by atoms with Crippen LogP contribution in [0.5, 0.6) is 23.0 Å². The number of rotatable bonds is 5. The summed E-state index contributed by atoms with van der Waals surface area (Å²) in [6.45, 7) is 1.35. The van der Waals surface area contributed by atoms with Crippen molar-refractivity contribution in [3.63, 3.8) is 0 Å². The van der Waals surface area contributed by atoms with E-state index in [1.165, 1.54) is 39.3 Å². The Morgan fingerprint density at radius 2 is 1.52 bits per heavy atom. The molecule has 0 heterocycles. The van der Waals surface area contributed by atoms with Gasteiger partial charge in [0.2, 0.25) is 5.75 Å². The minimum absolute atomic E-state index is 0.146. The van der Waals surface area contributed by atoms with Crippen molar-refractivity contribution in [1.29, 1.82) is 0 Å². The zero-order valence-electron chi connectivity index (χ0n) is 12.0. The smallest absolute Gasteiger partial charge is 0.211 e. The number of benzene rings is 2. The van der Waals surface area contributed by atoms with Crippen LogP contribution in [-0.4, -0.2) is 20.0 Å². The molecule has 4 nitrogen and oxygen atoms in total. The molecule has 110 valence electrons. The van der Waals surface area contributed by atoms with Crippen LogP contribution in [0.2, 0.25) is 0 Å². The van der Waals surface area contributed by atoms with Gasteiger partial charge in [-0.1, -0.05) is 12.1 Å². The molecule has 21 heavy (non-hydrogen) atoms. The van der Waals surface area contributed by atoms with Crippen LogP contribution in [0.25, 0.3) is 0 Å². The lowest BCUT2D eigenvalue weighted by Gasteiger charge is -2.15. The monoisotopic (exact) mass is 290 g/mol. The molecule has 0 spiro atoms. The molecule has 0 atom stereocenters. The number of carbonyl (C=O) groups excluding carboxylic acids is 1. The molecule has 0 fully saturated rings. The van der Waals surface area contributed by atoms with Crippen molar-refractivity contribution in [2.45, 2.75) is 6.92 Å². The van der Waals surface area contributed by atoms with E-state index in [1.54, 1.807) is 18.2 Å². The molecule has 2 aromatic carbocycles. The van der Waals surface area contributed by atoms with Gasteiger partial charge in [0, 0.05) is 0 Å². The van der Waals surface area contributed by atoms with Gasteiger partial charge >= 0.3 is 0 Å². The summed E-state index contributed by atoms with van der Waals surface area (Å²) in [6.07, 6.45) is 0. The molecular weight excluding hydrogens is 275 g/mol. The van der Waals surface area contributed by atoms with Gasteiger partial charge in [-0.15, -0.1) is 0 Å². The summed E-state index contributed by atoms with van der Waals surface area (Å²) in [4.78, 5) is 11.6. The Morgan fingerprint density at radius 1 is 0.952 bits per heavy atom. The maximum Gasteiger partial charge on any atom is 0.211 e. The molecule has 0 unspecified atom stereocenters. The van der Waals surface area contributed by atoms with Crippen molar-refractivity contribution in [1.82, 2.24) is 0 Å². The van der Waals surface area contributed by atoms with Crippen molar-refractivity contribution in [2.24, 2.45) is 0 Å². The lowest BCUT2D eigenvalue weighted by molar-refractivity contribution is 0.101. The van der Waals surface area contributed by atoms with E-state index in [0.717, 1.165) is 0 Å². The Morgan fingerprint density at radius 3 is 2.05 bits per heavy atom. The lowest BCUT2D eigenvalue weighted by atomic mass is 10.1. The summed E-state index contributed by atoms with van der Waals surface area (Å²) in [7, 11) is 2.93. The Kier molecular flexibility index (Phi) is 4.42. The number of ketones is 1. The first-order chi connectivity index (χ1) is 10.1. The summed E-state index contributed by atoms with van der Waals surface area (Å²) >= 11 is 0. The van der Waals surface area contributed by atoms with Crippen LogP contribution in [0.3, 0.4) is 0 Å². The molecule has 0 N–H and O–H groups in total. The van der Waals surface area contributed by atoms with Crippen LogP contribution in [0.4, 0.5) is 4.39 Å². The van der Waals surface area contributed by atoms with E-state index in [9.17, 15) is 9.18 Å². The van der Waals surface area contributed by atoms with Crippen molar-refractivity contribution >= 4 is 5.78 Å². The van der Waals surface area contributed by atoms with Gasteiger partial charge in [0.25, 0.3) is 0 Å². The molecule has 0 saturated carbocycles. The zero-order valence-corrected chi connectivity index (χ0v) is 12.0. The third-order valence-corrected chi connectivity index (χ3v) is 2.93. The average Bonchev–Trinajstić information content (AvgIpc) is 2.49. The standard InChI is InChI=1S/C16H15FO4/c1-10(18)11-6-4-7-12(17)15(11)21-16-13(19-2)8-5-9-14(16)20-3/h4-9H,1-3H3. The van der Waals surface area contributed by atoms with Gasteiger partial charge in [-0.2, -0.15) is 0 Å². The van der Waals surface area contributed by atoms with Crippen LogP contribution in [0, 0.1) is 5.82 Å². The van der Waals surface area contributed by atoms with Gasteiger partial charge in [0.05, 0.1) is 19.8 Å². The van der Waals surface area contributed by atoms with Gasteiger partial charge < -0.3 is 14.2 Å². The number of hydrogen-bond donors (Lipinski definition) is 0. The summed E-state index contributed by atoms with van der Waals surface area (Å²) in [5, 5.41) is 0. The van der Waals surface area contributed by atoms with E-state index in [1.807, 2.05) is 0 Å². The molecule has 0 aliphatic carbocycles. The Labute approximate surface area is 122 Å². The predicted molar refractivity (Wildman–Crippen MR) is 76.0 cm³/mol. The van der Waals surface area contributed by atoms with Gasteiger partial charge in [0.1, 0.15) is 0 Å². The van der Waals surface area contributed by atoms with Gasteiger partial charge in [-0.3, -0.25) is 4.79 Å². The molecule has 0 aliphatic heterocycles. The molecule has 2 aromatic rings. The third kappa shape index (κ3) is 2.97. The Balaban J connectivity index is 2.55. The highest BCUT2D eigenvalue weighted by molar-refractivity contribution is 5.97. The largest absolute Gasteiger partial charge is 0.493 e. The average molecular weight is 290 g/mol. The maximum atomic E-state index is 14.0. The van der Waals surface area contributed by atoms with E-state index < -0.39 is 5.82 Å². The summed E-state index contributed by atoms with van der Waals surface area (Å²) < 4.78 is 30.0. The van der Waals surface area contributed by atoms with E-state index >= 15 is 0 Å². The van der Waals surface area contributed by atoms with Gasteiger partial charge in [-0.25, -0.2) is 4.39 Å². The molecular formula is C16H15FO4. The maximum absolute atomic E-state index is 14.0. The van der Waals surface area contributed by atoms with E-state index in [2.05, 4.69) is 0 Å². The summed E-state index contributed by atoms with van der Waals surface area (Å²) in [5.41, 5.74) is 0.156. The Bertz CT molecular complexity index is 645. The predicted octanol–water partition coefficient (Wildman–Crippen LogP) is 3.84. The minimum Gasteiger partial charge on any atom is -0.493 e. The molecule has 0 saturated heterocycles. The van der Waals surface area contributed by atoms with Crippen LogP contribution in [0.1, 0.15) is 17.3 Å². The Hall–Kier alpha value is -2.56. The fourth-order valence-corrected chi connectivity index (χ4v) is 1.91. The van der Waals surface area contributed by atoms with E-state index in [-0.39, 0.29) is 22.8 Å². The molecule has 0 radical (unpaired) electrons. The first-order valence-electron chi connectivity index (χ1n) is 6.26. The second-order valence-corrected chi connectivity index (χ2v) is 4.27. The number of ether oxygens (including phenoxy) is 3. The SMILES string of the molecule is COc1cccc(OC)c1Oc1c(F)cccc1C(C)=O. The summed E-state index contributed by atoms with van der Waals surface area (Å²) in [6, 6.07) is 9.22. The van der Waals surface area contributed by atoms with Crippen LogP contribution < -0.4 is 14.2 Å².